The zero-order valence-corrected chi connectivity index (χ0v) is 20.6. The first-order valence-corrected chi connectivity index (χ1v) is 12.0. The average molecular weight is 502 g/mol. The number of nitrogens with zero attached hydrogens (tertiary/aromatic N) is 3. The van der Waals surface area contributed by atoms with Crippen LogP contribution in [0.1, 0.15) is 26.1 Å². The zero-order valence-electron chi connectivity index (χ0n) is 19.8. The Hall–Kier alpha value is -3.60. The number of benzene rings is 2. The van der Waals surface area contributed by atoms with Gasteiger partial charge in [-0.3, -0.25) is 14.7 Å². The summed E-state index contributed by atoms with van der Waals surface area (Å²) in [6.07, 6.45) is 0.809. The van der Waals surface area contributed by atoms with Crippen molar-refractivity contribution in [3.8, 4) is 17.2 Å². The van der Waals surface area contributed by atoms with Crippen LogP contribution in [0.2, 0.25) is 0 Å². The normalized spacial score (nSPS) is 10.8. The van der Waals surface area contributed by atoms with E-state index in [-0.39, 0.29) is 18.0 Å². The lowest BCUT2D eigenvalue weighted by molar-refractivity contribution is -0.117. The monoisotopic (exact) mass is 501 g/mol. The van der Waals surface area contributed by atoms with Gasteiger partial charge in [0.2, 0.25) is 5.91 Å². The molecule has 0 radical (unpaired) electrons. The molecule has 0 aliphatic rings. The molecular weight excluding hydrogens is 473 g/mol. The van der Waals surface area contributed by atoms with Crippen molar-refractivity contribution in [2.24, 2.45) is 5.92 Å². The number of carbonyl (C=O) groups is 2. The van der Waals surface area contributed by atoms with Crippen LogP contribution in [0.3, 0.4) is 0 Å². The number of urea groups is 1. The Kier molecular flexibility index (Phi) is 9.47. The lowest BCUT2D eigenvalue weighted by Gasteiger charge is -2.12. The molecule has 9 nitrogen and oxygen atoms in total. The number of carbonyl (C=O) groups excluding carboxylic acids is 2. The number of hydrogen-bond donors (Lipinski definition) is 2. The van der Waals surface area contributed by atoms with Crippen molar-refractivity contribution in [2.45, 2.75) is 32.0 Å². The van der Waals surface area contributed by atoms with Gasteiger partial charge in [-0.1, -0.05) is 37.7 Å². The van der Waals surface area contributed by atoms with Gasteiger partial charge in [-0.25, -0.2) is 9.18 Å². The standard InChI is InChI=1S/C24H28FN5O4S/c1-16(2)12-13-26-23(32)27-22(31)15-35-24-29-28-21(30(24)20-7-5-4-6-19(20)25)14-34-18-10-8-17(33-3)9-11-18/h4-11,16H,12-15H2,1-3H3,(H2,26,27,31,32). The van der Waals surface area contributed by atoms with Crippen molar-refractivity contribution in [1.29, 1.82) is 0 Å². The molecule has 2 aromatic carbocycles. The summed E-state index contributed by atoms with van der Waals surface area (Å²) < 4.78 is 27.1. The number of nitrogens with one attached hydrogen (secondary N) is 2. The summed E-state index contributed by atoms with van der Waals surface area (Å²) in [6.45, 7) is 4.58. The minimum Gasteiger partial charge on any atom is -0.497 e. The Balaban J connectivity index is 1.69. The Bertz CT molecular complexity index is 1140. The minimum absolute atomic E-state index is 0.0126. The number of imide groups is 1. The number of rotatable bonds is 11. The maximum Gasteiger partial charge on any atom is 0.321 e. The fourth-order valence-corrected chi connectivity index (χ4v) is 3.76. The fraction of sp³-hybridized carbons (Fsp3) is 0.333. The smallest absolute Gasteiger partial charge is 0.321 e. The van der Waals surface area contributed by atoms with Crippen molar-refractivity contribution < 1.29 is 23.5 Å². The first kappa shape index (κ1) is 26.0. The second-order valence-electron chi connectivity index (χ2n) is 7.93. The van der Waals surface area contributed by atoms with Crippen LogP contribution in [-0.4, -0.2) is 46.1 Å². The zero-order chi connectivity index (χ0) is 25.2. The van der Waals surface area contributed by atoms with Crippen molar-refractivity contribution >= 4 is 23.7 Å². The first-order valence-electron chi connectivity index (χ1n) is 11.0. The summed E-state index contributed by atoms with van der Waals surface area (Å²) in [5, 5.41) is 13.5. The van der Waals surface area contributed by atoms with Crippen molar-refractivity contribution in [1.82, 2.24) is 25.4 Å². The highest BCUT2D eigenvalue weighted by Crippen LogP contribution is 2.25. The topological polar surface area (TPSA) is 107 Å². The molecule has 1 heterocycles. The second kappa shape index (κ2) is 12.7. The molecule has 0 saturated heterocycles. The lowest BCUT2D eigenvalue weighted by atomic mass is 10.1. The number of methoxy groups -OCH3 is 1. The number of aromatic nitrogens is 3. The van der Waals surface area contributed by atoms with E-state index in [2.05, 4.69) is 20.8 Å². The molecule has 0 atom stereocenters. The van der Waals surface area contributed by atoms with Gasteiger partial charge >= 0.3 is 6.03 Å². The van der Waals surface area contributed by atoms with Crippen LogP contribution in [0, 0.1) is 11.7 Å². The van der Waals surface area contributed by atoms with Gasteiger partial charge in [0.25, 0.3) is 0 Å². The molecule has 0 bridgehead atoms. The number of para-hydroxylation sites is 1. The van der Waals surface area contributed by atoms with E-state index in [1.54, 1.807) is 49.6 Å². The summed E-state index contributed by atoms with van der Waals surface area (Å²) in [5.41, 5.74) is 0.222. The molecule has 0 aliphatic heterocycles. The number of thioether (sulfide) groups is 1. The molecule has 0 spiro atoms. The molecule has 2 N–H and O–H groups in total. The van der Waals surface area contributed by atoms with Gasteiger partial charge in [0, 0.05) is 6.54 Å². The van der Waals surface area contributed by atoms with Crippen LogP contribution in [-0.2, 0) is 11.4 Å². The summed E-state index contributed by atoms with van der Waals surface area (Å²) in [6, 6.07) is 12.6. The summed E-state index contributed by atoms with van der Waals surface area (Å²) in [7, 11) is 1.57. The molecule has 1 aromatic heterocycles. The molecule has 35 heavy (non-hydrogen) atoms. The summed E-state index contributed by atoms with van der Waals surface area (Å²) >= 11 is 1.04. The van der Waals surface area contributed by atoms with Crippen LogP contribution in [0.5, 0.6) is 11.5 Å². The van der Waals surface area contributed by atoms with Gasteiger partial charge in [-0.15, -0.1) is 10.2 Å². The third-order valence-corrected chi connectivity index (χ3v) is 5.74. The number of ether oxygens (including phenoxy) is 2. The Morgan fingerprint density at radius 3 is 2.49 bits per heavy atom. The van der Waals surface area contributed by atoms with E-state index in [4.69, 9.17) is 9.47 Å². The van der Waals surface area contributed by atoms with E-state index in [9.17, 15) is 14.0 Å². The maximum atomic E-state index is 14.6. The third-order valence-electron chi connectivity index (χ3n) is 4.81. The SMILES string of the molecule is COc1ccc(OCc2nnc(SCC(=O)NC(=O)NCCC(C)C)n2-c2ccccc2F)cc1. The van der Waals surface area contributed by atoms with Crippen LogP contribution in [0.15, 0.2) is 53.7 Å². The van der Waals surface area contributed by atoms with Gasteiger partial charge in [-0.05, 0) is 48.7 Å². The van der Waals surface area contributed by atoms with Gasteiger partial charge in [0.05, 0.1) is 18.6 Å². The Labute approximate surface area is 207 Å². The quantitative estimate of drug-likeness (QED) is 0.383. The first-order chi connectivity index (χ1) is 16.9. The highest BCUT2D eigenvalue weighted by atomic mass is 32.2. The minimum atomic E-state index is -0.555. The average Bonchev–Trinajstić information content (AvgIpc) is 3.24. The van der Waals surface area contributed by atoms with Crippen LogP contribution in [0.25, 0.3) is 5.69 Å². The molecule has 11 heteroatoms. The molecule has 0 aliphatic carbocycles. The van der Waals surface area contributed by atoms with Crippen LogP contribution in [0.4, 0.5) is 9.18 Å². The number of amides is 3. The molecule has 0 saturated carbocycles. The van der Waals surface area contributed by atoms with Crippen molar-refractivity contribution in [3.05, 3.63) is 60.2 Å². The predicted molar refractivity (Wildman–Crippen MR) is 130 cm³/mol. The summed E-state index contributed by atoms with van der Waals surface area (Å²) in [4.78, 5) is 24.1. The second-order valence-corrected chi connectivity index (χ2v) is 8.87. The molecule has 0 unspecified atom stereocenters. The maximum absolute atomic E-state index is 14.6. The van der Waals surface area contributed by atoms with Gasteiger partial charge in [0.15, 0.2) is 11.0 Å². The van der Waals surface area contributed by atoms with Crippen molar-refractivity contribution in [2.75, 3.05) is 19.4 Å². The van der Waals surface area contributed by atoms with Crippen LogP contribution >= 0.6 is 11.8 Å². The largest absolute Gasteiger partial charge is 0.497 e. The molecule has 3 amide bonds. The van der Waals surface area contributed by atoms with E-state index in [1.807, 2.05) is 13.8 Å². The highest BCUT2D eigenvalue weighted by molar-refractivity contribution is 7.99. The van der Waals surface area contributed by atoms with Gasteiger partial charge in [-0.2, -0.15) is 0 Å². The van der Waals surface area contributed by atoms with E-state index >= 15 is 0 Å². The highest BCUT2D eigenvalue weighted by Gasteiger charge is 2.19. The van der Waals surface area contributed by atoms with Crippen molar-refractivity contribution in [3.63, 3.8) is 0 Å². The number of hydrogen-bond acceptors (Lipinski definition) is 7. The fourth-order valence-electron chi connectivity index (χ4n) is 2.99. The lowest BCUT2D eigenvalue weighted by Crippen LogP contribution is -2.40. The van der Waals surface area contributed by atoms with E-state index in [1.165, 1.54) is 10.6 Å². The van der Waals surface area contributed by atoms with E-state index < -0.39 is 17.8 Å². The van der Waals surface area contributed by atoms with Crippen LogP contribution < -0.4 is 20.1 Å². The molecular formula is C24H28FN5O4S. The summed E-state index contributed by atoms with van der Waals surface area (Å²) in [5.74, 6) is 0.964. The Morgan fingerprint density at radius 2 is 1.80 bits per heavy atom. The Morgan fingerprint density at radius 1 is 1.09 bits per heavy atom. The predicted octanol–water partition coefficient (Wildman–Crippen LogP) is 3.96. The third kappa shape index (κ3) is 7.71. The molecule has 186 valence electrons. The van der Waals surface area contributed by atoms with E-state index in [0.29, 0.717) is 34.9 Å². The van der Waals surface area contributed by atoms with E-state index in [0.717, 1.165) is 18.2 Å². The van der Waals surface area contributed by atoms with Gasteiger partial charge < -0.3 is 14.8 Å². The van der Waals surface area contributed by atoms with Gasteiger partial charge in [0.1, 0.15) is 23.9 Å². The molecule has 3 aromatic rings. The molecule has 0 fully saturated rings. The molecule has 3 rings (SSSR count). The number of halogens is 1.